The highest BCUT2D eigenvalue weighted by atomic mass is 16.3. The fraction of sp³-hybridized carbons (Fsp3) is 0.700. The average molecular weight is 304 g/mol. The molecule has 0 radical (unpaired) electrons. The van der Waals surface area contributed by atoms with Crippen molar-refractivity contribution in [2.45, 2.75) is 72.5 Å². The minimum Gasteiger partial charge on any atom is -0.386 e. The summed E-state index contributed by atoms with van der Waals surface area (Å²) >= 11 is 0. The summed E-state index contributed by atoms with van der Waals surface area (Å²) in [6.07, 6.45) is 8.93. The molecule has 124 valence electrons. The van der Waals surface area contributed by atoms with Crippen LogP contribution in [0.25, 0.3) is 0 Å². The molecule has 2 nitrogen and oxygen atoms in total. The van der Waals surface area contributed by atoms with Gasteiger partial charge in [-0.15, -0.1) is 0 Å². The minimum absolute atomic E-state index is 0.408. The Balaban J connectivity index is 2.20. The van der Waals surface area contributed by atoms with Gasteiger partial charge in [-0.05, 0) is 69.3 Å². The molecule has 2 heteroatoms. The number of fused-ring (bicyclic) bond motifs is 1. The molecule has 2 aliphatic rings. The molecule has 0 aromatic carbocycles. The molecule has 4 atom stereocenters. The predicted octanol–water partition coefficient (Wildman–Crippen LogP) is 4.39. The molecular weight excluding hydrogens is 272 g/mol. The van der Waals surface area contributed by atoms with Crippen LogP contribution in [0.15, 0.2) is 34.9 Å². The number of hydrogen-bond donors (Lipinski definition) is 2. The maximum Gasteiger partial charge on any atom is 0.104 e. The molecule has 1 fully saturated rings. The first-order valence-electron chi connectivity index (χ1n) is 8.61. The van der Waals surface area contributed by atoms with Crippen molar-refractivity contribution in [2.75, 3.05) is 0 Å². The summed E-state index contributed by atoms with van der Waals surface area (Å²) in [6.45, 7) is 10.9. The van der Waals surface area contributed by atoms with Crippen molar-refractivity contribution < 1.29 is 10.2 Å². The normalized spacial score (nSPS) is 36.4. The number of hydrogen-bond acceptors (Lipinski definition) is 2. The lowest BCUT2D eigenvalue weighted by molar-refractivity contribution is 0.0723. The second-order valence-corrected chi connectivity index (χ2v) is 7.94. The molecule has 4 unspecified atom stereocenters. The second kappa shape index (κ2) is 6.72. The highest BCUT2D eigenvalue weighted by Gasteiger charge is 2.55. The number of rotatable bonds is 0. The predicted molar refractivity (Wildman–Crippen MR) is 92.5 cm³/mol. The van der Waals surface area contributed by atoms with Crippen molar-refractivity contribution in [3.8, 4) is 0 Å². The lowest BCUT2D eigenvalue weighted by Crippen LogP contribution is -2.25. The largest absolute Gasteiger partial charge is 0.386 e. The highest BCUT2D eigenvalue weighted by molar-refractivity contribution is 5.20. The summed E-state index contributed by atoms with van der Waals surface area (Å²) in [5.74, 6) is 1.44. The lowest BCUT2D eigenvalue weighted by Gasteiger charge is -2.17. The molecule has 0 aromatic rings. The van der Waals surface area contributed by atoms with Crippen LogP contribution in [0.2, 0.25) is 0 Å². The summed E-state index contributed by atoms with van der Waals surface area (Å²) in [4.78, 5) is 0. The first-order valence-corrected chi connectivity index (χ1v) is 8.61. The topological polar surface area (TPSA) is 40.5 Å². The smallest absolute Gasteiger partial charge is 0.104 e. The van der Waals surface area contributed by atoms with Gasteiger partial charge < -0.3 is 10.2 Å². The molecule has 0 amide bonds. The van der Waals surface area contributed by atoms with Crippen LogP contribution in [0, 0.1) is 17.3 Å². The Morgan fingerprint density at radius 1 is 1.00 bits per heavy atom. The lowest BCUT2D eigenvalue weighted by atomic mass is 9.98. The van der Waals surface area contributed by atoms with Crippen molar-refractivity contribution in [3.63, 3.8) is 0 Å². The van der Waals surface area contributed by atoms with Crippen molar-refractivity contribution in [2.24, 2.45) is 17.3 Å². The Hall–Kier alpha value is -0.860. The van der Waals surface area contributed by atoms with E-state index in [1.807, 2.05) is 13.0 Å². The molecule has 0 heterocycles. The minimum atomic E-state index is -0.793. The standard InChI is InChI=1S/C20H32O2/c1-13-7-6-8-15(3)19(22)18(21)12-14(2)9-10-16-17(11-13)20(16,4)5/h8,11-12,16-19,21-22H,6-7,9-10H2,1-5H3. The number of allylic oxidation sites excluding steroid dienone is 4. The molecule has 2 rings (SSSR count). The van der Waals surface area contributed by atoms with Gasteiger partial charge in [-0.1, -0.05) is 43.2 Å². The molecule has 22 heavy (non-hydrogen) atoms. The molecule has 2 aliphatic carbocycles. The Morgan fingerprint density at radius 2 is 1.64 bits per heavy atom. The van der Waals surface area contributed by atoms with Crippen LogP contribution >= 0.6 is 0 Å². The third-order valence-corrected chi connectivity index (χ3v) is 5.70. The van der Waals surface area contributed by atoms with E-state index in [1.54, 1.807) is 0 Å². The third-order valence-electron chi connectivity index (χ3n) is 5.70. The van der Waals surface area contributed by atoms with Crippen LogP contribution in [0.1, 0.15) is 60.3 Å². The van der Waals surface area contributed by atoms with E-state index in [-0.39, 0.29) is 0 Å². The molecule has 0 spiro atoms. The Bertz CT molecular complexity index is 496. The van der Waals surface area contributed by atoms with Gasteiger partial charge in [0.05, 0.1) is 0 Å². The van der Waals surface area contributed by atoms with Gasteiger partial charge >= 0.3 is 0 Å². The van der Waals surface area contributed by atoms with Gasteiger partial charge in [-0.3, -0.25) is 0 Å². The fourth-order valence-corrected chi connectivity index (χ4v) is 3.83. The molecule has 0 saturated heterocycles. The molecule has 0 aromatic heterocycles. The van der Waals surface area contributed by atoms with Gasteiger partial charge in [0.25, 0.3) is 0 Å². The summed E-state index contributed by atoms with van der Waals surface area (Å²) in [5.41, 5.74) is 3.90. The van der Waals surface area contributed by atoms with E-state index >= 15 is 0 Å². The van der Waals surface area contributed by atoms with Gasteiger partial charge in [0.2, 0.25) is 0 Å². The van der Waals surface area contributed by atoms with Crippen molar-refractivity contribution in [1.82, 2.24) is 0 Å². The zero-order valence-electron chi connectivity index (χ0n) is 14.8. The summed E-state index contributed by atoms with van der Waals surface area (Å²) in [7, 11) is 0. The highest BCUT2D eigenvalue weighted by Crippen LogP contribution is 2.61. The van der Waals surface area contributed by atoms with E-state index in [9.17, 15) is 10.2 Å². The second-order valence-electron chi connectivity index (χ2n) is 7.94. The summed E-state index contributed by atoms with van der Waals surface area (Å²) < 4.78 is 0. The van der Waals surface area contributed by atoms with Gasteiger partial charge in [-0.2, -0.15) is 0 Å². The number of aliphatic hydroxyl groups excluding tert-OH is 2. The quantitative estimate of drug-likeness (QED) is 0.651. The van der Waals surface area contributed by atoms with Crippen LogP contribution in [-0.2, 0) is 0 Å². The first kappa shape index (κ1) is 17.5. The zero-order chi connectivity index (χ0) is 16.5. The average Bonchev–Trinajstić information content (AvgIpc) is 2.94. The van der Waals surface area contributed by atoms with Crippen molar-refractivity contribution in [3.05, 3.63) is 34.9 Å². The molecule has 2 N–H and O–H groups in total. The van der Waals surface area contributed by atoms with Crippen LogP contribution < -0.4 is 0 Å². The molecule has 1 saturated carbocycles. The van der Waals surface area contributed by atoms with Crippen LogP contribution in [0.5, 0.6) is 0 Å². The Kier molecular flexibility index (Phi) is 5.34. The maximum atomic E-state index is 10.2. The zero-order valence-corrected chi connectivity index (χ0v) is 14.8. The molecule has 0 bridgehead atoms. The van der Waals surface area contributed by atoms with Gasteiger partial charge in [0.15, 0.2) is 0 Å². The summed E-state index contributed by atoms with van der Waals surface area (Å²) in [6, 6.07) is 0. The molecule has 0 aliphatic heterocycles. The fourth-order valence-electron chi connectivity index (χ4n) is 3.83. The maximum absolute atomic E-state index is 10.2. The van der Waals surface area contributed by atoms with Crippen LogP contribution in [-0.4, -0.2) is 22.4 Å². The van der Waals surface area contributed by atoms with E-state index in [0.717, 1.165) is 30.8 Å². The molecular formula is C20H32O2. The van der Waals surface area contributed by atoms with Gasteiger partial charge in [0.1, 0.15) is 12.2 Å². The van der Waals surface area contributed by atoms with Gasteiger partial charge in [-0.25, -0.2) is 0 Å². The van der Waals surface area contributed by atoms with Crippen molar-refractivity contribution in [1.29, 1.82) is 0 Å². The Morgan fingerprint density at radius 3 is 2.32 bits per heavy atom. The monoisotopic (exact) mass is 304 g/mol. The van der Waals surface area contributed by atoms with E-state index in [2.05, 4.69) is 39.8 Å². The van der Waals surface area contributed by atoms with Gasteiger partial charge in [0, 0.05) is 0 Å². The van der Waals surface area contributed by atoms with E-state index in [0.29, 0.717) is 11.3 Å². The van der Waals surface area contributed by atoms with Crippen LogP contribution in [0.4, 0.5) is 0 Å². The van der Waals surface area contributed by atoms with Crippen LogP contribution in [0.3, 0.4) is 0 Å². The van der Waals surface area contributed by atoms with E-state index in [4.69, 9.17) is 0 Å². The van der Waals surface area contributed by atoms with E-state index < -0.39 is 12.2 Å². The SMILES string of the molecule is CC1=CC2C(CCC(C)=CC(O)C(O)C(C)=CCC1)C2(C)C. The first-order chi connectivity index (χ1) is 10.2. The third kappa shape index (κ3) is 3.91. The number of aliphatic hydroxyl groups is 2. The summed E-state index contributed by atoms with van der Waals surface area (Å²) in [5, 5.41) is 20.4. The van der Waals surface area contributed by atoms with E-state index in [1.165, 1.54) is 17.6 Å². The van der Waals surface area contributed by atoms with Crippen molar-refractivity contribution >= 4 is 0 Å². The Labute approximate surface area is 135 Å².